The van der Waals surface area contributed by atoms with Crippen molar-refractivity contribution < 1.29 is 0 Å². The standard InChI is InChI=1S/C17H19NS/c1-18(2)16-10-6-14(7-11-16)4-5-15-8-12-17(19-3)13-9-15/h4-13H,1-3H3/b5-4+. The van der Waals surface area contributed by atoms with Gasteiger partial charge < -0.3 is 4.90 Å². The van der Waals surface area contributed by atoms with Gasteiger partial charge in [-0.2, -0.15) is 0 Å². The minimum Gasteiger partial charge on any atom is -0.378 e. The number of anilines is 1. The third-order valence-electron chi connectivity index (χ3n) is 2.99. The van der Waals surface area contributed by atoms with E-state index in [0.29, 0.717) is 0 Å². The third-order valence-corrected chi connectivity index (χ3v) is 3.74. The van der Waals surface area contributed by atoms with E-state index in [0.717, 1.165) is 0 Å². The first kappa shape index (κ1) is 13.8. The molecule has 0 aliphatic rings. The molecule has 0 amide bonds. The second-order valence-electron chi connectivity index (χ2n) is 4.59. The lowest BCUT2D eigenvalue weighted by Crippen LogP contribution is -2.07. The molecule has 0 saturated carbocycles. The fourth-order valence-corrected chi connectivity index (χ4v) is 2.20. The van der Waals surface area contributed by atoms with Crippen LogP contribution in [0.25, 0.3) is 12.2 Å². The normalized spacial score (nSPS) is 10.9. The fraction of sp³-hybridized carbons (Fsp3) is 0.176. The van der Waals surface area contributed by atoms with Crippen molar-refractivity contribution in [2.24, 2.45) is 0 Å². The summed E-state index contributed by atoms with van der Waals surface area (Å²) in [4.78, 5) is 3.40. The van der Waals surface area contributed by atoms with E-state index < -0.39 is 0 Å². The molecule has 0 aromatic heterocycles. The van der Waals surface area contributed by atoms with Crippen LogP contribution in [0.5, 0.6) is 0 Å². The van der Waals surface area contributed by atoms with E-state index in [1.807, 2.05) is 0 Å². The summed E-state index contributed by atoms with van der Waals surface area (Å²) < 4.78 is 0. The number of thioether (sulfide) groups is 1. The Hall–Kier alpha value is -1.67. The van der Waals surface area contributed by atoms with Gasteiger partial charge in [0.1, 0.15) is 0 Å². The van der Waals surface area contributed by atoms with Gasteiger partial charge >= 0.3 is 0 Å². The van der Waals surface area contributed by atoms with Crippen molar-refractivity contribution in [3.63, 3.8) is 0 Å². The van der Waals surface area contributed by atoms with Crippen molar-refractivity contribution in [2.45, 2.75) is 4.90 Å². The zero-order chi connectivity index (χ0) is 13.7. The zero-order valence-corrected chi connectivity index (χ0v) is 12.4. The Balaban J connectivity index is 2.08. The summed E-state index contributed by atoms with van der Waals surface area (Å²) >= 11 is 1.77. The molecule has 0 radical (unpaired) electrons. The average Bonchev–Trinajstić information content (AvgIpc) is 2.46. The summed E-state index contributed by atoms with van der Waals surface area (Å²) in [7, 11) is 4.11. The molecule has 2 rings (SSSR count). The lowest BCUT2D eigenvalue weighted by molar-refractivity contribution is 1.13. The lowest BCUT2D eigenvalue weighted by atomic mass is 10.1. The van der Waals surface area contributed by atoms with Crippen molar-refractivity contribution in [1.29, 1.82) is 0 Å². The largest absolute Gasteiger partial charge is 0.378 e. The van der Waals surface area contributed by atoms with E-state index in [1.54, 1.807) is 11.8 Å². The monoisotopic (exact) mass is 269 g/mol. The first-order chi connectivity index (χ1) is 9.19. The lowest BCUT2D eigenvalue weighted by Gasteiger charge is -2.11. The third kappa shape index (κ3) is 3.90. The zero-order valence-electron chi connectivity index (χ0n) is 11.6. The number of nitrogens with zero attached hydrogens (tertiary/aromatic N) is 1. The number of hydrogen-bond acceptors (Lipinski definition) is 2. The second-order valence-corrected chi connectivity index (χ2v) is 5.47. The summed E-state index contributed by atoms with van der Waals surface area (Å²) in [6.07, 6.45) is 6.39. The van der Waals surface area contributed by atoms with Crippen molar-refractivity contribution in [1.82, 2.24) is 0 Å². The first-order valence-electron chi connectivity index (χ1n) is 6.28. The maximum absolute atomic E-state index is 2.15. The van der Waals surface area contributed by atoms with Gasteiger partial charge in [0.25, 0.3) is 0 Å². The molecule has 0 unspecified atom stereocenters. The van der Waals surface area contributed by atoms with Gasteiger partial charge in [-0.25, -0.2) is 0 Å². The van der Waals surface area contributed by atoms with Gasteiger partial charge in [0.05, 0.1) is 0 Å². The highest BCUT2D eigenvalue weighted by Gasteiger charge is 1.94. The van der Waals surface area contributed by atoms with Crippen LogP contribution in [0.4, 0.5) is 5.69 Å². The molecular weight excluding hydrogens is 250 g/mol. The molecule has 19 heavy (non-hydrogen) atoms. The summed E-state index contributed by atoms with van der Waals surface area (Å²) in [5.41, 5.74) is 3.68. The summed E-state index contributed by atoms with van der Waals surface area (Å²) in [5, 5.41) is 0. The van der Waals surface area contributed by atoms with Crippen molar-refractivity contribution in [2.75, 3.05) is 25.3 Å². The van der Waals surface area contributed by atoms with E-state index in [4.69, 9.17) is 0 Å². The molecule has 2 aromatic carbocycles. The van der Waals surface area contributed by atoms with Crippen LogP contribution >= 0.6 is 11.8 Å². The van der Waals surface area contributed by atoms with Gasteiger partial charge in [0.2, 0.25) is 0 Å². The van der Waals surface area contributed by atoms with Gasteiger partial charge in [-0.15, -0.1) is 11.8 Å². The molecule has 0 aliphatic heterocycles. The molecule has 0 heterocycles. The molecule has 1 nitrogen and oxygen atoms in total. The number of benzene rings is 2. The molecule has 0 saturated heterocycles. The fourth-order valence-electron chi connectivity index (χ4n) is 1.79. The quantitative estimate of drug-likeness (QED) is 0.587. The SMILES string of the molecule is CSc1ccc(/C=C/c2ccc(N(C)C)cc2)cc1. The molecule has 0 fully saturated rings. The number of hydrogen-bond donors (Lipinski definition) is 0. The van der Waals surface area contributed by atoms with Crippen LogP contribution in [0, 0.1) is 0 Å². The maximum atomic E-state index is 2.15. The molecule has 98 valence electrons. The van der Waals surface area contributed by atoms with Crippen LogP contribution in [0.2, 0.25) is 0 Å². The summed E-state index contributed by atoms with van der Waals surface area (Å²) in [5.74, 6) is 0. The Morgan fingerprint density at radius 2 is 1.26 bits per heavy atom. The Morgan fingerprint density at radius 1 is 0.789 bits per heavy atom. The highest BCUT2D eigenvalue weighted by atomic mass is 32.2. The van der Waals surface area contributed by atoms with Crippen LogP contribution in [-0.2, 0) is 0 Å². The number of rotatable bonds is 4. The van der Waals surface area contributed by atoms with Crippen LogP contribution in [0.1, 0.15) is 11.1 Å². The van der Waals surface area contributed by atoms with Gasteiger partial charge in [-0.05, 0) is 41.6 Å². The first-order valence-corrected chi connectivity index (χ1v) is 7.51. The summed E-state index contributed by atoms with van der Waals surface area (Å²) in [6, 6.07) is 17.2. The molecular formula is C17H19NS. The van der Waals surface area contributed by atoms with E-state index in [9.17, 15) is 0 Å². The van der Waals surface area contributed by atoms with E-state index in [1.165, 1.54) is 21.7 Å². The van der Waals surface area contributed by atoms with Crippen LogP contribution in [0.15, 0.2) is 53.4 Å². The molecule has 0 bridgehead atoms. The molecule has 0 aliphatic carbocycles. The molecule has 2 aromatic rings. The minimum absolute atomic E-state index is 1.22. The minimum atomic E-state index is 1.22. The molecule has 0 spiro atoms. The van der Waals surface area contributed by atoms with Gasteiger partial charge in [0.15, 0.2) is 0 Å². The maximum Gasteiger partial charge on any atom is 0.0361 e. The van der Waals surface area contributed by atoms with Gasteiger partial charge in [-0.1, -0.05) is 36.4 Å². The van der Waals surface area contributed by atoms with Crippen LogP contribution < -0.4 is 4.90 Å². The van der Waals surface area contributed by atoms with Gasteiger partial charge in [-0.3, -0.25) is 0 Å². The van der Waals surface area contributed by atoms with E-state index in [-0.39, 0.29) is 0 Å². The van der Waals surface area contributed by atoms with Crippen LogP contribution in [-0.4, -0.2) is 20.4 Å². The van der Waals surface area contributed by atoms with Gasteiger partial charge in [0, 0.05) is 24.7 Å². The van der Waals surface area contributed by atoms with E-state index >= 15 is 0 Å². The Labute approximate surface area is 120 Å². The highest BCUT2D eigenvalue weighted by molar-refractivity contribution is 7.98. The molecule has 0 atom stereocenters. The predicted octanol–water partition coefficient (Wildman–Crippen LogP) is 4.64. The Morgan fingerprint density at radius 3 is 1.68 bits per heavy atom. The Bertz CT molecular complexity index is 538. The topological polar surface area (TPSA) is 3.24 Å². The molecule has 2 heteroatoms. The average molecular weight is 269 g/mol. The van der Waals surface area contributed by atoms with Crippen molar-refractivity contribution in [3.8, 4) is 0 Å². The highest BCUT2D eigenvalue weighted by Crippen LogP contribution is 2.17. The van der Waals surface area contributed by atoms with Crippen molar-refractivity contribution in [3.05, 3.63) is 59.7 Å². The predicted molar refractivity (Wildman–Crippen MR) is 87.9 cm³/mol. The Kier molecular flexibility index (Phi) is 4.69. The van der Waals surface area contributed by atoms with Crippen molar-refractivity contribution >= 4 is 29.6 Å². The summed E-state index contributed by atoms with van der Waals surface area (Å²) in [6.45, 7) is 0. The smallest absolute Gasteiger partial charge is 0.0361 e. The second kappa shape index (κ2) is 6.48. The molecule has 0 N–H and O–H groups in total. The van der Waals surface area contributed by atoms with Crippen LogP contribution in [0.3, 0.4) is 0 Å². The van der Waals surface area contributed by atoms with E-state index in [2.05, 4.69) is 85.9 Å².